The lowest BCUT2D eigenvalue weighted by Crippen LogP contribution is -2.22. The fraction of sp³-hybridized carbons (Fsp3) is 0.538. The molecule has 0 spiro atoms. The van der Waals surface area contributed by atoms with Gasteiger partial charge in [-0.15, -0.1) is 0 Å². The molecule has 1 atom stereocenters. The Balaban J connectivity index is 2.60. The molecule has 94 valence electrons. The van der Waals surface area contributed by atoms with E-state index in [0.717, 1.165) is 18.4 Å². The highest BCUT2D eigenvalue weighted by Gasteiger charge is 2.13. The van der Waals surface area contributed by atoms with Crippen LogP contribution >= 0.6 is 0 Å². The van der Waals surface area contributed by atoms with Gasteiger partial charge < -0.3 is 5.73 Å². The molecule has 1 unspecified atom stereocenters. The van der Waals surface area contributed by atoms with Crippen LogP contribution in [0.4, 0.5) is 5.69 Å². The molecule has 0 aliphatic heterocycles. The van der Waals surface area contributed by atoms with Crippen LogP contribution in [0.1, 0.15) is 32.3 Å². The van der Waals surface area contributed by atoms with E-state index in [-0.39, 0.29) is 16.7 Å². The number of nitrogens with zero attached hydrogens (tertiary/aromatic N) is 1. The van der Waals surface area contributed by atoms with Crippen molar-refractivity contribution in [1.82, 2.24) is 0 Å². The van der Waals surface area contributed by atoms with Gasteiger partial charge in [-0.1, -0.05) is 32.0 Å². The van der Waals surface area contributed by atoms with Crippen LogP contribution in [0.25, 0.3) is 0 Å². The Morgan fingerprint density at radius 3 is 2.59 bits per heavy atom. The van der Waals surface area contributed by atoms with E-state index in [1.54, 1.807) is 18.2 Å². The molecule has 2 N–H and O–H groups in total. The van der Waals surface area contributed by atoms with Gasteiger partial charge in [0.25, 0.3) is 5.69 Å². The molecule has 0 aromatic heterocycles. The first kappa shape index (κ1) is 13.6. The summed E-state index contributed by atoms with van der Waals surface area (Å²) in [6, 6.07) is 6.99. The zero-order valence-electron chi connectivity index (χ0n) is 10.4. The highest BCUT2D eigenvalue weighted by atomic mass is 16.6. The Labute approximate surface area is 102 Å². The van der Waals surface area contributed by atoms with Gasteiger partial charge in [-0.2, -0.15) is 0 Å². The maximum absolute atomic E-state index is 10.8. The van der Waals surface area contributed by atoms with E-state index in [1.165, 1.54) is 0 Å². The predicted molar refractivity (Wildman–Crippen MR) is 68.8 cm³/mol. The molecule has 17 heavy (non-hydrogen) atoms. The van der Waals surface area contributed by atoms with Gasteiger partial charge in [-0.05, 0) is 25.2 Å². The van der Waals surface area contributed by atoms with E-state index in [4.69, 9.17) is 5.73 Å². The lowest BCUT2D eigenvalue weighted by atomic mass is 9.97. The molecule has 4 heteroatoms. The molecule has 0 amide bonds. The average Bonchev–Trinajstić information content (AvgIpc) is 2.25. The summed E-state index contributed by atoms with van der Waals surface area (Å²) in [5.41, 5.74) is 6.95. The van der Waals surface area contributed by atoms with Crippen LogP contribution in [0.3, 0.4) is 0 Å². The van der Waals surface area contributed by atoms with E-state index in [1.807, 2.05) is 6.07 Å². The van der Waals surface area contributed by atoms with Crippen molar-refractivity contribution in [2.45, 2.75) is 39.2 Å². The van der Waals surface area contributed by atoms with Crippen LogP contribution in [-0.2, 0) is 6.42 Å². The molecule has 0 bridgehead atoms. The highest BCUT2D eigenvalue weighted by molar-refractivity contribution is 5.39. The van der Waals surface area contributed by atoms with E-state index in [0.29, 0.717) is 12.3 Å². The minimum Gasteiger partial charge on any atom is -0.328 e. The summed E-state index contributed by atoms with van der Waals surface area (Å²) in [6.45, 7) is 4.26. The fourth-order valence-corrected chi connectivity index (χ4v) is 1.96. The summed E-state index contributed by atoms with van der Waals surface area (Å²) in [5, 5.41) is 10.8. The van der Waals surface area contributed by atoms with Gasteiger partial charge in [0.05, 0.1) is 4.92 Å². The number of benzene rings is 1. The van der Waals surface area contributed by atoms with E-state index in [9.17, 15) is 10.1 Å². The van der Waals surface area contributed by atoms with Crippen molar-refractivity contribution in [1.29, 1.82) is 0 Å². The zero-order chi connectivity index (χ0) is 12.8. The number of hydrogen-bond donors (Lipinski definition) is 1. The van der Waals surface area contributed by atoms with Crippen molar-refractivity contribution in [3.05, 3.63) is 39.9 Å². The molecule has 0 saturated carbocycles. The van der Waals surface area contributed by atoms with Crippen LogP contribution in [0, 0.1) is 16.0 Å². The Bertz CT molecular complexity index is 377. The standard InChI is InChI=1S/C13H20N2O2/c1-10(2)9-12(14)8-7-11-5-3-4-6-13(11)15(16)17/h3-6,10,12H,7-9,14H2,1-2H3. The molecule has 0 radical (unpaired) electrons. The molecule has 1 aromatic rings. The normalized spacial score (nSPS) is 12.7. The average molecular weight is 236 g/mol. The summed E-state index contributed by atoms with van der Waals surface area (Å²) in [5.74, 6) is 0.566. The topological polar surface area (TPSA) is 69.2 Å². The molecule has 1 aromatic carbocycles. The summed E-state index contributed by atoms with van der Waals surface area (Å²) in [7, 11) is 0. The third-order valence-electron chi connectivity index (χ3n) is 2.75. The first-order valence-electron chi connectivity index (χ1n) is 5.98. The minimum absolute atomic E-state index is 0.120. The molecule has 0 saturated heterocycles. The maximum Gasteiger partial charge on any atom is 0.272 e. The zero-order valence-corrected chi connectivity index (χ0v) is 10.4. The van der Waals surface area contributed by atoms with Crippen molar-refractivity contribution in [3.63, 3.8) is 0 Å². The van der Waals surface area contributed by atoms with Gasteiger partial charge in [0.1, 0.15) is 0 Å². The van der Waals surface area contributed by atoms with Crippen molar-refractivity contribution in [3.8, 4) is 0 Å². The van der Waals surface area contributed by atoms with Gasteiger partial charge in [-0.25, -0.2) is 0 Å². The summed E-state index contributed by atoms with van der Waals surface area (Å²) < 4.78 is 0. The Kier molecular flexibility index (Phi) is 5.10. The summed E-state index contributed by atoms with van der Waals surface area (Å²) in [4.78, 5) is 10.5. The molecular weight excluding hydrogens is 216 g/mol. The number of rotatable bonds is 6. The second-order valence-electron chi connectivity index (χ2n) is 4.81. The predicted octanol–water partition coefficient (Wildman–Crippen LogP) is 2.90. The van der Waals surface area contributed by atoms with Crippen molar-refractivity contribution in [2.75, 3.05) is 0 Å². The number of nitro groups is 1. The van der Waals surface area contributed by atoms with Gasteiger partial charge in [0.2, 0.25) is 0 Å². The number of aryl methyl sites for hydroxylation is 1. The van der Waals surface area contributed by atoms with Gasteiger partial charge in [-0.3, -0.25) is 10.1 Å². The van der Waals surface area contributed by atoms with Gasteiger partial charge >= 0.3 is 0 Å². The number of nitrogens with two attached hydrogens (primary N) is 1. The number of nitro benzene ring substituents is 1. The quantitative estimate of drug-likeness (QED) is 0.610. The Hall–Kier alpha value is -1.42. The van der Waals surface area contributed by atoms with Crippen molar-refractivity contribution < 1.29 is 4.92 Å². The van der Waals surface area contributed by atoms with Crippen molar-refractivity contribution >= 4 is 5.69 Å². The lowest BCUT2D eigenvalue weighted by Gasteiger charge is -2.13. The molecule has 0 fully saturated rings. The molecular formula is C13H20N2O2. The Morgan fingerprint density at radius 1 is 1.35 bits per heavy atom. The first-order valence-corrected chi connectivity index (χ1v) is 5.98. The van der Waals surface area contributed by atoms with E-state index < -0.39 is 0 Å². The maximum atomic E-state index is 10.8. The number of hydrogen-bond acceptors (Lipinski definition) is 3. The second kappa shape index (κ2) is 6.35. The third-order valence-corrected chi connectivity index (χ3v) is 2.75. The number of para-hydroxylation sites is 1. The first-order chi connectivity index (χ1) is 8.00. The molecule has 0 heterocycles. The monoisotopic (exact) mass is 236 g/mol. The minimum atomic E-state index is -0.330. The molecule has 0 aliphatic rings. The van der Waals surface area contributed by atoms with Crippen LogP contribution in [-0.4, -0.2) is 11.0 Å². The van der Waals surface area contributed by atoms with Crippen LogP contribution in [0.2, 0.25) is 0 Å². The lowest BCUT2D eigenvalue weighted by molar-refractivity contribution is -0.385. The van der Waals surface area contributed by atoms with Crippen molar-refractivity contribution in [2.24, 2.45) is 11.7 Å². The van der Waals surface area contributed by atoms with E-state index in [2.05, 4.69) is 13.8 Å². The van der Waals surface area contributed by atoms with E-state index >= 15 is 0 Å². The van der Waals surface area contributed by atoms with Crippen LogP contribution < -0.4 is 5.73 Å². The third kappa shape index (κ3) is 4.53. The second-order valence-corrected chi connectivity index (χ2v) is 4.81. The Morgan fingerprint density at radius 2 is 2.00 bits per heavy atom. The summed E-state index contributed by atoms with van der Waals surface area (Å²) >= 11 is 0. The van der Waals surface area contributed by atoms with Gasteiger partial charge in [0.15, 0.2) is 0 Å². The van der Waals surface area contributed by atoms with Gasteiger partial charge in [0, 0.05) is 17.7 Å². The SMILES string of the molecule is CC(C)CC(N)CCc1ccccc1[N+](=O)[O-]. The largest absolute Gasteiger partial charge is 0.328 e. The van der Waals surface area contributed by atoms with Crippen LogP contribution in [0.15, 0.2) is 24.3 Å². The highest BCUT2D eigenvalue weighted by Crippen LogP contribution is 2.20. The molecule has 0 aliphatic carbocycles. The molecule has 1 rings (SSSR count). The summed E-state index contributed by atoms with van der Waals surface area (Å²) in [6.07, 6.45) is 2.43. The smallest absolute Gasteiger partial charge is 0.272 e. The molecule has 4 nitrogen and oxygen atoms in total. The fourth-order valence-electron chi connectivity index (χ4n) is 1.96. The van der Waals surface area contributed by atoms with Crippen LogP contribution in [0.5, 0.6) is 0 Å².